The second-order valence-electron chi connectivity index (χ2n) is 6.96. The summed E-state index contributed by atoms with van der Waals surface area (Å²) in [6.07, 6.45) is 1.59. The first-order chi connectivity index (χ1) is 15.0. The number of amides is 1. The number of hydrogen-bond donors (Lipinski definition) is 2. The number of aryl methyl sites for hydroxylation is 1. The van der Waals surface area contributed by atoms with Gasteiger partial charge in [0.05, 0.1) is 26.1 Å². The lowest BCUT2D eigenvalue weighted by atomic mass is 10.2. The van der Waals surface area contributed by atoms with Crippen LogP contribution in [-0.4, -0.2) is 34.7 Å². The Morgan fingerprint density at radius 1 is 1.19 bits per heavy atom. The van der Waals surface area contributed by atoms with E-state index < -0.39 is 0 Å². The number of aromatic amines is 1. The van der Waals surface area contributed by atoms with Crippen molar-refractivity contribution in [1.82, 2.24) is 19.9 Å². The number of hydrogen-bond acceptors (Lipinski definition) is 5. The first-order valence-corrected chi connectivity index (χ1v) is 10.0. The number of H-pyrrole nitrogens is 1. The summed E-state index contributed by atoms with van der Waals surface area (Å²) in [7, 11) is 3.10. The lowest BCUT2D eigenvalue weighted by Gasteiger charge is -2.08. The van der Waals surface area contributed by atoms with Crippen LogP contribution >= 0.6 is 11.6 Å². The van der Waals surface area contributed by atoms with Crippen molar-refractivity contribution < 1.29 is 14.3 Å². The molecule has 2 aromatic heterocycles. The van der Waals surface area contributed by atoms with Gasteiger partial charge >= 0.3 is 0 Å². The van der Waals surface area contributed by atoms with Crippen molar-refractivity contribution in [3.05, 3.63) is 63.7 Å². The summed E-state index contributed by atoms with van der Waals surface area (Å²) in [6.45, 7) is 0.536. The lowest BCUT2D eigenvalue weighted by molar-refractivity contribution is -0.121. The number of aromatic nitrogens is 3. The highest BCUT2D eigenvalue weighted by molar-refractivity contribution is 6.31. The minimum atomic E-state index is -0.252. The third kappa shape index (κ3) is 4.06. The molecule has 8 nitrogen and oxygen atoms in total. The molecule has 0 aliphatic rings. The molecule has 31 heavy (non-hydrogen) atoms. The van der Waals surface area contributed by atoms with Crippen LogP contribution in [-0.2, 0) is 17.9 Å². The van der Waals surface area contributed by atoms with Crippen LogP contribution in [0, 0.1) is 0 Å². The van der Waals surface area contributed by atoms with Crippen molar-refractivity contribution in [2.45, 2.75) is 19.5 Å². The minimum absolute atomic E-state index is 0.138. The van der Waals surface area contributed by atoms with Crippen molar-refractivity contribution in [1.29, 1.82) is 0 Å². The van der Waals surface area contributed by atoms with E-state index in [4.69, 9.17) is 21.1 Å². The molecule has 0 saturated carbocycles. The molecule has 160 valence electrons. The van der Waals surface area contributed by atoms with Crippen LogP contribution in [0.25, 0.3) is 21.9 Å². The van der Waals surface area contributed by atoms with Crippen LogP contribution in [0.5, 0.6) is 11.5 Å². The van der Waals surface area contributed by atoms with E-state index in [2.05, 4.69) is 15.3 Å². The molecule has 1 amide bonds. The molecule has 0 aliphatic heterocycles. The Morgan fingerprint density at radius 2 is 1.94 bits per heavy atom. The van der Waals surface area contributed by atoms with E-state index in [0.29, 0.717) is 39.6 Å². The molecule has 0 saturated heterocycles. The Kier molecular flexibility index (Phi) is 5.81. The molecule has 0 spiro atoms. The number of nitrogens with one attached hydrogen (secondary N) is 2. The topological polar surface area (TPSA) is 98.2 Å². The summed E-state index contributed by atoms with van der Waals surface area (Å²) in [4.78, 5) is 32.7. The van der Waals surface area contributed by atoms with E-state index in [-0.39, 0.29) is 24.4 Å². The normalized spacial score (nSPS) is 11.1. The largest absolute Gasteiger partial charge is 0.493 e. The summed E-state index contributed by atoms with van der Waals surface area (Å²) in [5.74, 6) is 0.923. The number of carbonyl (C=O) groups is 1. The van der Waals surface area contributed by atoms with Gasteiger partial charge in [0.2, 0.25) is 5.91 Å². The van der Waals surface area contributed by atoms with E-state index in [0.717, 1.165) is 10.9 Å². The standard InChI is InChI=1S/C22H21ClN4O4/c1-30-17-9-14-16(10-18(17)31-2)26-21-20(14)25-12-27(22(21)29)8-7-19(28)24-11-13-5-3-4-6-15(13)23/h3-6,9-10,12,26H,7-8,11H2,1-2H3,(H,24,28). The van der Waals surface area contributed by atoms with Gasteiger partial charge in [0.25, 0.3) is 5.56 Å². The number of nitrogens with zero attached hydrogens (tertiary/aromatic N) is 2. The van der Waals surface area contributed by atoms with Crippen molar-refractivity contribution >= 4 is 39.4 Å². The zero-order chi connectivity index (χ0) is 22.0. The molecular weight excluding hydrogens is 420 g/mol. The van der Waals surface area contributed by atoms with Gasteiger partial charge in [-0.2, -0.15) is 0 Å². The van der Waals surface area contributed by atoms with E-state index in [1.807, 2.05) is 18.2 Å². The molecule has 0 unspecified atom stereocenters. The summed E-state index contributed by atoms with van der Waals surface area (Å²) >= 11 is 6.10. The second kappa shape index (κ2) is 8.69. The van der Waals surface area contributed by atoms with Gasteiger partial charge in [-0.25, -0.2) is 4.98 Å². The molecule has 9 heteroatoms. The first-order valence-electron chi connectivity index (χ1n) is 9.64. The predicted octanol–water partition coefficient (Wildman–Crippen LogP) is 3.25. The fourth-order valence-electron chi connectivity index (χ4n) is 3.42. The third-order valence-electron chi connectivity index (χ3n) is 5.09. The molecular formula is C22H21ClN4O4. The zero-order valence-electron chi connectivity index (χ0n) is 17.1. The average Bonchev–Trinajstić information content (AvgIpc) is 3.15. The van der Waals surface area contributed by atoms with E-state index in [9.17, 15) is 9.59 Å². The molecule has 0 bridgehead atoms. The van der Waals surface area contributed by atoms with Gasteiger partial charge in [-0.3, -0.25) is 14.2 Å². The fraction of sp³-hybridized carbons (Fsp3) is 0.227. The Bertz CT molecular complexity index is 1330. The molecule has 2 heterocycles. The molecule has 0 radical (unpaired) electrons. The Balaban J connectivity index is 1.52. The zero-order valence-corrected chi connectivity index (χ0v) is 17.8. The second-order valence-corrected chi connectivity index (χ2v) is 7.37. The molecule has 4 aromatic rings. The molecule has 0 fully saturated rings. The van der Waals surface area contributed by atoms with Gasteiger partial charge < -0.3 is 19.8 Å². The molecule has 2 N–H and O–H groups in total. The summed E-state index contributed by atoms with van der Waals surface area (Å²) < 4.78 is 12.1. The number of halogens is 1. The van der Waals surface area contributed by atoms with Gasteiger partial charge in [0, 0.05) is 36.0 Å². The maximum Gasteiger partial charge on any atom is 0.277 e. The van der Waals surface area contributed by atoms with Gasteiger partial charge in [-0.1, -0.05) is 29.8 Å². The Morgan fingerprint density at radius 3 is 2.68 bits per heavy atom. The number of rotatable bonds is 7. The monoisotopic (exact) mass is 440 g/mol. The maximum atomic E-state index is 12.9. The van der Waals surface area contributed by atoms with E-state index >= 15 is 0 Å². The maximum absolute atomic E-state index is 12.9. The van der Waals surface area contributed by atoms with Crippen molar-refractivity contribution in [2.24, 2.45) is 0 Å². The third-order valence-corrected chi connectivity index (χ3v) is 5.46. The number of ether oxygens (including phenoxy) is 2. The average molecular weight is 441 g/mol. The highest BCUT2D eigenvalue weighted by Gasteiger charge is 2.15. The molecule has 0 atom stereocenters. The van der Waals surface area contributed by atoms with Gasteiger partial charge in [-0.05, 0) is 17.7 Å². The molecule has 0 aliphatic carbocycles. The van der Waals surface area contributed by atoms with Gasteiger partial charge in [0.15, 0.2) is 11.5 Å². The van der Waals surface area contributed by atoms with Crippen molar-refractivity contribution in [3.8, 4) is 11.5 Å². The first kappa shape index (κ1) is 20.7. The van der Waals surface area contributed by atoms with E-state index in [1.54, 1.807) is 32.4 Å². The smallest absolute Gasteiger partial charge is 0.277 e. The highest BCUT2D eigenvalue weighted by Crippen LogP contribution is 2.34. The van der Waals surface area contributed by atoms with Crippen LogP contribution in [0.1, 0.15) is 12.0 Å². The fourth-order valence-corrected chi connectivity index (χ4v) is 3.63. The van der Waals surface area contributed by atoms with Crippen molar-refractivity contribution in [2.75, 3.05) is 14.2 Å². The highest BCUT2D eigenvalue weighted by atomic mass is 35.5. The predicted molar refractivity (Wildman–Crippen MR) is 119 cm³/mol. The number of benzene rings is 2. The van der Waals surface area contributed by atoms with Crippen LogP contribution < -0.4 is 20.3 Å². The quantitative estimate of drug-likeness (QED) is 0.459. The van der Waals surface area contributed by atoms with Gasteiger partial charge in [-0.15, -0.1) is 0 Å². The SMILES string of the molecule is COc1cc2[nH]c3c(=O)n(CCC(=O)NCc4ccccc4Cl)cnc3c2cc1OC. The summed E-state index contributed by atoms with van der Waals surface area (Å²) in [5.41, 5.74) is 2.21. The van der Waals surface area contributed by atoms with E-state index in [1.165, 1.54) is 10.9 Å². The Hall–Kier alpha value is -3.52. The van der Waals surface area contributed by atoms with Crippen LogP contribution in [0.15, 0.2) is 47.5 Å². The molecule has 2 aromatic carbocycles. The Labute approximate surface area is 182 Å². The molecule has 4 rings (SSSR count). The van der Waals surface area contributed by atoms with Crippen LogP contribution in [0.2, 0.25) is 5.02 Å². The minimum Gasteiger partial charge on any atom is -0.493 e. The number of fused-ring (bicyclic) bond motifs is 3. The lowest BCUT2D eigenvalue weighted by Crippen LogP contribution is -2.27. The van der Waals surface area contributed by atoms with Crippen LogP contribution in [0.4, 0.5) is 0 Å². The van der Waals surface area contributed by atoms with Crippen LogP contribution in [0.3, 0.4) is 0 Å². The number of methoxy groups -OCH3 is 2. The number of carbonyl (C=O) groups excluding carboxylic acids is 1. The van der Waals surface area contributed by atoms with Crippen molar-refractivity contribution in [3.63, 3.8) is 0 Å². The summed E-state index contributed by atoms with van der Waals surface area (Å²) in [5, 5.41) is 4.18. The summed E-state index contributed by atoms with van der Waals surface area (Å²) in [6, 6.07) is 10.9. The van der Waals surface area contributed by atoms with Gasteiger partial charge in [0.1, 0.15) is 11.0 Å².